The number of ether oxygens (including phenoxy) is 1. The molecule has 0 unspecified atom stereocenters. The first kappa shape index (κ1) is 13.5. The van der Waals surface area contributed by atoms with Crippen molar-refractivity contribution in [2.24, 2.45) is 0 Å². The molecule has 1 heterocycles. The average molecular weight is 392 g/mol. The molecule has 7 heteroatoms. The predicted octanol–water partition coefficient (Wildman–Crippen LogP) is 4.20. The van der Waals surface area contributed by atoms with Gasteiger partial charge in [-0.15, -0.1) is 0 Å². The SMILES string of the molecule is COC(=O)c1cnc(Nc2cc(Br)ccc2Br)s1. The van der Waals surface area contributed by atoms with E-state index in [0.29, 0.717) is 10.0 Å². The largest absolute Gasteiger partial charge is 0.465 e. The van der Waals surface area contributed by atoms with Crippen molar-refractivity contribution in [3.05, 3.63) is 38.2 Å². The summed E-state index contributed by atoms with van der Waals surface area (Å²) in [5.41, 5.74) is 0.871. The van der Waals surface area contributed by atoms with E-state index in [1.807, 2.05) is 18.2 Å². The number of rotatable bonds is 3. The van der Waals surface area contributed by atoms with E-state index in [-0.39, 0.29) is 5.97 Å². The first-order valence-electron chi connectivity index (χ1n) is 4.86. The third kappa shape index (κ3) is 3.09. The Morgan fingerprint density at radius 2 is 2.22 bits per heavy atom. The summed E-state index contributed by atoms with van der Waals surface area (Å²) in [6.07, 6.45) is 1.49. The van der Waals surface area contributed by atoms with Crippen molar-refractivity contribution in [2.75, 3.05) is 12.4 Å². The molecule has 1 aromatic heterocycles. The number of thiazole rings is 1. The number of methoxy groups -OCH3 is 1. The molecule has 0 atom stereocenters. The van der Waals surface area contributed by atoms with Crippen LogP contribution in [0.3, 0.4) is 0 Å². The second kappa shape index (κ2) is 5.81. The molecular formula is C11H8Br2N2O2S. The Balaban J connectivity index is 2.21. The summed E-state index contributed by atoms with van der Waals surface area (Å²) >= 11 is 8.08. The van der Waals surface area contributed by atoms with Gasteiger partial charge in [-0.3, -0.25) is 0 Å². The Kier molecular flexibility index (Phi) is 4.36. The van der Waals surface area contributed by atoms with E-state index >= 15 is 0 Å². The maximum atomic E-state index is 11.3. The van der Waals surface area contributed by atoms with Gasteiger partial charge in [-0.1, -0.05) is 27.3 Å². The van der Waals surface area contributed by atoms with Crippen LogP contribution < -0.4 is 5.32 Å². The number of esters is 1. The lowest BCUT2D eigenvalue weighted by Gasteiger charge is -2.05. The molecule has 1 N–H and O–H groups in total. The quantitative estimate of drug-likeness (QED) is 0.796. The molecule has 0 saturated heterocycles. The molecule has 4 nitrogen and oxygen atoms in total. The molecular weight excluding hydrogens is 384 g/mol. The highest BCUT2D eigenvalue weighted by atomic mass is 79.9. The maximum Gasteiger partial charge on any atom is 0.349 e. The first-order chi connectivity index (χ1) is 8.60. The highest BCUT2D eigenvalue weighted by Gasteiger charge is 2.11. The van der Waals surface area contributed by atoms with Crippen molar-refractivity contribution < 1.29 is 9.53 Å². The van der Waals surface area contributed by atoms with Crippen molar-refractivity contribution in [3.63, 3.8) is 0 Å². The van der Waals surface area contributed by atoms with Gasteiger partial charge in [0.05, 0.1) is 19.0 Å². The normalized spacial score (nSPS) is 10.2. The van der Waals surface area contributed by atoms with Crippen LogP contribution in [0.1, 0.15) is 9.67 Å². The summed E-state index contributed by atoms with van der Waals surface area (Å²) in [6, 6.07) is 5.77. The lowest BCUT2D eigenvalue weighted by Crippen LogP contribution is -1.96. The Morgan fingerprint density at radius 1 is 1.44 bits per heavy atom. The van der Waals surface area contributed by atoms with Gasteiger partial charge in [0.2, 0.25) is 0 Å². The first-order valence-corrected chi connectivity index (χ1v) is 7.26. The number of aromatic nitrogens is 1. The standard InChI is InChI=1S/C11H8Br2N2O2S/c1-17-10(16)9-5-14-11(18-9)15-8-4-6(12)2-3-7(8)13/h2-5H,1H3,(H,14,15). The molecule has 0 aliphatic rings. The molecule has 0 bridgehead atoms. The number of carbonyl (C=O) groups excluding carboxylic acids is 1. The third-order valence-corrected chi connectivity index (χ3v) is 4.14. The van der Waals surface area contributed by atoms with Gasteiger partial charge >= 0.3 is 5.97 Å². The molecule has 0 saturated carbocycles. The fraction of sp³-hybridized carbons (Fsp3) is 0.0909. The Morgan fingerprint density at radius 3 is 2.94 bits per heavy atom. The summed E-state index contributed by atoms with van der Waals surface area (Å²) in [4.78, 5) is 15.9. The molecule has 1 aromatic carbocycles. The summed E-state index contributed by atoms with van der Waals surface area (Å²) in [5.74, 6) is -0.381. The minimum Gasteiger partial charge on any atom is -0.465 e. The lowest BCUT2D eigenvalue weighted by atomic mass is 10.3. The minimum absolute atomic E-state index is 0.381. The van der Waals surface area contributed by atoms with E-state index < -0.39 is 0 Å². The highest BCUT2D eigenvalue weighted by molar-refractivity contribution is 9.11. The number of halogens is 2. The minimum atomic E-state index is -0.381. The van der Waals surface area contributed by atoms with E-state index in [4.69, 9.17) is 0 Å². The van der Waals surface area contributed by atoms with Crippen molar-refractivity contribution in [1.82, 2.24) is 4.98 Å². The molecule has 94 valence electrons. The van der Waals surface area contributed by atoms with Gasteiger partial charge in [-0.05, 0) is 34.1 Å². The molecule has 0 aliphatic heterocycles. The Bertz CT molecular complexity index is 586. The number of nitrogens with one attached hydrogen (secondary N) is 1. The fourth-order valence-corrected chi connectivity index (χ4v) is 2.69. The van der Waals surface area contributed by atoms with Gasteiger partial charge in [0.25, 0.3) is 0 Å². The zero-order valence-corrected chi connectivity index (χ0v) is 13.2. The van der Waals surface area contributed by atoms with Gasteiger partial charge in [0, 0.05) is 8.95 Å². The van der Waals surface area contributed by atoms with Crippen molar-refractivity contribution in [1.29, 1.82) is 0 Å². The van der Waals surface area contributed by atoms with Crippen LogP contribution in [0.5, 0.6) is 0 Å². The third-order valence-electron chi connectivity index (χ3n) is 2.06. The Labute approximate surface area is 125 Å². The number of anilines is 2. The van der Waals surface area contributed by atoms with Crippen LogP contribution in [-0.4, -0.2) is 18.1 Å². The van der Waals surface area contributed by atoms with Gasteiger partial charge in [0.15, 0.2) is 5.13 Å². The van der Waals surface area contributed by atoms with Crippen LogP contribution in [0.2, 0.25) is 0 Å². The van der Waals surface area contributed by atoms with E-state index in [1.54, 1.807) is 0 Å². The molecule has 0 spiro atoms. The molecule has 18 heavy (non-hydrogen) atoms. The molecule has 0 aliphatic carbocycles. The molecule has 2 rings (SSSR count). The van der Waals surface area contributed by atoms with Gasteiger partial charge in [-0.2, -0.15) is 0 Å². The van der Waals surface area contributed by atoms with Crippen molar-refractivity contribution in [3.8, 4) is 0 Å². The van der Waals surface area contributed by atoms with Crippen LogP contribution in [-0.2, 0) is 4.74 Å². The monoisotopic (exact) mass is 390 g/mol. The molecule has 2 aromatic rings. The maximum absolute atomic E-state index is 11.3. The van der Waals surface area contributed by atoms with Crippen molar-refractivity contribution in [2.45, 2.75) is 0 Å². The van der Waals surface area contributed by atoms with Crippen LogP contribution in [0.4, 0.5) is 10.8 Å². The van der Waals surface area contributed by atoms with E-state index in [0.717, 1.165) is 14.6 Å². The topological polar surface area (TPSA) is 51.2 Å². The molecule has 0 radical (unpaired) electrons. The van der Waals surface area contributed by atoms with Gasteiger partial charge in [-0.25, -0.2) is 9.78 Å². The molecule has 0 fully saturated rings. The number of carbonyl (C=O) groups is 1. The van der Waals surface area contributed by atoms with Crippen molar-refractivity contribution >= 4 is 60.0 Å². The number of nitrogens with zero attached hydrogens (tertiary/aromatic N) is 1. The molecule has 0 amide bonds. The van der Waals surface area contributed by atoms with Gasteiger partial charge in [0.1, 0.15) is 4.88 Å². The summed E-state index contributed by atoms with van der Waals surface area (Å²) < 4.78 is 6.50. The van der Waals surface area contributed by atoms with E-state index in [1.165, 1.54) is 24.6 Å². The number of benzene rings is 1. The predicted molar refractivity (Wildman–Crippen MR) is 78.6 cm³/mol. The van der Waals surface area contributed by atoms with E-state index in [2.05, 4.69) is 46.9 Å². The zero-order chi connectivity index (χ0) is 13.1. The van der Waals surface area contributed by atoms with Gasteiger partial charge < -0.3 is 10.1 Å². The smallest absolute Gasteiger partial charge is 0.349 e. The fourth-order valence-electron chi connectivity index (χ4n) is 1.24. The Hall–Kier alpha value is -0.920. The second-order valence-corrected chi connectivity index (χ2v) is 6.07. The lowest BCUT2D eigenvalue weighted by molar-refractivity contribution is 0.0606. The highest BCUT2D eigenvalue weighted by Crippen LogP contribution is 2.30. The van der Waals surface area contributed by atoms with Crippen LogP contribution in [0, 0.1) is 0 Å². The summed E-state index contributed by atoms with van der Waals surface area (Å²) in [7, 11) is 1.35. The van der Waals surface area contributed by atoms with Crippen LogP contribution in [0.15, 0.2) is 33.3 Å². The summed E-state index contributed by atoms with van der Waals surface area (Å²) in [5, 5.41) is 3.77. The zero-order valence-electron chi connectivity index (χ0n) is 9.24. The second-order valence-electron chi connectivity index (χ2n) is 3.27. The van der Waals surface area contributed by atoms with Crippen LogP contribution in [0.25, 0.3) is 0 Å². The van der Waals surface area contributed by atoms with Crippen LogP contribution >= 0.6 is 43.2 Å². The summed E-state index contributed by atoms with van der Waals surface area (Å²) in [6.45, 7) is 0. The number of hydrogen-bond donors (Lipinski definition) is 1. The average Bonchev–Trinajstić information content (AvgIpc) is 2.81. The van der Waals surface area contributed by atoms with E-state index in [9.17, 15) is 4.79 Å². The number of hydrogen-bond acceptors (Lipinski definition) is 5.